The molecule has 0 aliphatic heterocycles. The summed E-state index contributed by atoms with van der Waals surface area (Å²) in [6.45, 7) is 2.37. The van der Waals surface area contributed by atoms with E-state index in [1.807, 2.05) is 55.5 Å². The molecule has 1 aromatic heterocycles. The summed E-state index contributed by atoms with van der Waals surface area (Å²) < 4.78 is 1.54. The van der Waals surface area contributed by atoms with Crippen molar-refractivity contribution in [2.24, 2.45) is 11.5 Å². The van der Waals surface area contributed by atoms with E-state index in [1.54, 1.807) is 6.07 Å². The number of para-hydroxylation sites is 1. The van der Waals surface area contributed by atoms with Crippen LogP contribution in [0.5, 0.6) is 0 Å². The van der Waals surface area contributed by atoms with E-state index in [4.69, 9.17) is 11.5 Å². The van der Waals surface area contributed by atoms with Gasteiger partial charge in [-0.05, 0) is 0 Å². The Kier molecular flexibility index (Phi) is 7.16. The van der Waals surface area contributed by atoms with Crippen LogP contribution in [0.15, 0.2) is 60.8 Å². The number of hydrogen-bond donors (Lipinski definition) is 4. The first kappa shape index (κ1) is 21.5. The van der Waals surface area contributed by atoms with Crippen LogP contribution in [0.4, 0.5) is 11.6 Å². The minimum absolute atomic E-state index is 0.0660. The quantitative estimate of drug-likeness (QED) is 0.345. The number of nitrogens with two attached hydrogens (primary N) is 2. The zero-order chi connectivity index (χ0) is 21.5. The molecule has 30 heavy (non-hydrogen) atoms. The van der Waals surface area contributed by atoms with Crippen LogP contribution in [0.25, 0.3) is 0 Å². The van der Waals surface area contributed by atoms with Gasteiger partial charge in [-0.1, -0.05) is 0 Å². The second-order valence-electron chi connectivity index (χ2n) is 6.70. The van der Waals surface area contributed by atoms with Crippen molar-refractivity contribution in [3.05, 3.63) is 71.9 Å². The monoisotopic (exact) mass is 466 g/mol. The van der Waals surface area contributed by atoms with Gasteiger partial charge in [-0.2, -0.15) is 0 Å². The Morgan fingerprint density at radius 2 is 1.90 bits per heavy atom. The molecule has 154 valence electrons. The van der Waals surface area contributed by atoms with Gasteiger partial charge in [0.15, 0.2) is 0 Å². The Morgan fingerprint density at radius 1 is 1.13 bits per heavy atom. The maximum absolute atomic E-state index is 12.6. The van der Waals surface area contributed by atoms with Crippen molar-refractivity contribution < 1.29 is 9.59 Å². The van der Waals surface area contributed by atoms with Gasteiger partial charge in [-0.15, -0.1) is 0 Å². The van der Waals surface area contributed by atoms with Crippen LogP contribution in [0.1, 0.15) is 27.6 Å². The predicted molar refractivity (Wildman–Crippen MR) is 120 cm³/mol. The van der Waals surface area contributed by atoms with Crippen LogP contribution in [-0.2, 0) is 0 Å². The van der Waals surface area contributed by atoms with E-state index in [-0.39, 0.29) is 11.9 Å². The van der Waals surface area contributed by atoms with Gasteiger partial charge in [-0.25, -0.2) is 0 Å². The van der Waals surface area contributed by atoms with Crippen LogP contribution in [0.2, 0.25) is 0 Å². The summed E-state index contributed by atoms with van der Waals surface area (Å²) in [5.74, 6) is -0.383. The molecule has 3 aromatic rings. The second-order valence-corrected chi connectivity index (χ2v) is 9.43. The molecule has 1 heterocycles. The topological polar surface area (TPSA) is 136 Å². The molecule has 0 aliphatic rings. The second kappa shape index (κ2) is 10.0. The predicted octanol–water partition coefficient (Wildman–Crippen LogP) is -0.0258. The Balaban J connectivity index is 1.81. The molecule has 0 aliphatic carbocycles. The summed E-state index contributed by atoms with van der Waals surface area (Å²) in [6, 6.07) is 16.5. The van der Waals surface area contributed by atoms with Gasteiger partial charge < -0.3 is 0 Å². The number of amides is 2. The molecule has 9 heteroatoms. The summed E-state index contributed by atoms with van der Waals surface area (Å²) in [4.78, 5) is 33.0. The zero-order valence-corrected chi connectivity index (χ0v) is 18.5. The fraction of sp³-hybridized carbons (Fsp3) is 0.143. The molecule has 2 atom stereocenters. The normalized spacial score (nSPS) is 11.9. The van der Waals surface area contributed by atoms with E-state index in [0.717, 1.165) is 10.0 Å². The van der Waals surface area contributed by atoms with Gasteiger partial charge in [0.05, 0.1) is 0 Å². The van der Waals surface area contributed by atoms with E-state index >= 15 is 0 Å². The van der Waals surface area contributed by atoms with E-state index in [1.165, 1.54) is 6.20 Å². The maximum atomic E-state index is 12.6. The van der Waals surface area contributed by atoms with E-state index in [2.05, 4.69) is 20.6 Å². The summed E-state index contributed by atoms with van der Waals surface area (Å²) >= 11 is -1.04. The fourth-order valence-electron chi connectivity index (χ4n) is 2.59. The molecule has 3 rings (SSSR count). The fourth-order valence-corrected chi connectivity index (χ4v) is 5.04. The molecular weight excluding hydrogens is 443 g/mol. The molecule has 0 spiro atoms. The first-order valence-corrected chi connectivity index (χ1v) is 11.4. The standard InChI is InChI=1S/C21H23AsN6O2/c1-13(23)11-25-21-26-12-17(19(24)29)18(28-21)22-15-7-5-6-14(10-15)20(30)27-16-8-3-2-4-9-16/h2-10,12-13,22H,11,23H2,1H3,(H2,24,29)(H,27,30)(H,25,26,28)/t13-/m0/s1. The molecule has 0 saturated carbocycles. The van der Waals surface area contributed by atoms with Gasteiger partial charge in [0.1, 0.15) is 0 Å². The number of primary amides is 1. The van der Waals surface area contributed by atoms with E-state index in [9.17, 15) is 9.59 Å². The van der Waals surface area contributed by atoms with Crippen LogP contribution in [-0.4, -0.2) is 50.1 Å². The summed E-state index contributed by atoms with van der Waals surface area (Å²) in [5.41, 5.74) is 12.8. The summed E-state index contributed by atoms with van der Waals surface area (Å²) in [7, 11) is 0. The Morgan fingerprint density at radius 3 is 2.60 bits per heavy atom. The van der Waals surface area contributed by atoms with Gasteiger partial charge in [-0.3, -0.25) is 0 Å². The average Bonchev–Trinajstić information content (AvgIpc) is 2.73. The molecule has 0 fully saturated rings. The minimum atomic E-state index is -1.04. The Labute approximate surface area is 181 Å². The number of aromatic nitrogens is 2. The molecule has 6 N–H and O–H groups in total. The number of nitrogens with one attached hydrogen (secondary N) is 2. The van der Waals surface area contributed by atoms with Gasteiger partial charge in [0.2, 0.25) is 0 Å². The van der Waals surface area contributed by atoms with Crippen molar-refractivity contribution in [1.29, 1.82) is 0 Å². The molecule has 0 bridgehead atoms. The molecule has 8 nitrogen and oxygen atoms in total. The van der Waals surface area contributed by atoms with E-state index in [0.29, 0.717) is 28.1 Å². The summed E-state index contributed by atoms with van der Waals surface area (Å²) in [6.07, 6.45) is 1.43. The van der Waals surface area contributed by atoms with Crippen LogP contribution >= 0.6 is 0 Å². The number of carbonyl (C=O) groups is 2. The molecule has 2 amide bonds. The summed E-state index contributed by atoms with van der Waals surface area (Å²) in [5, 5.41) is 5.92. The molecule has 0 saturated heterocycles. The molecular formula is C21H23AsN6O2. The number of nitrogens with zero attached hydrogens (tertiary/aromatic N) is 2. The van der Waals surface area contributed by atoms with Crippen molar-refractivity contribution in [2.75, 3.05) is 17.2 Å². The van der Waals surface area contributed by atoms with Crippen LogP contribution in [0.3, 0.4) is 0 Å². The molecule has 2 aromatic carbocycles. The van der Waals surface area contributed by atoms with Crippen LogP contribution in [0, 0.1) is 0 Å². The van der Waals surface area contributed by atoms with Crippen molar-refractivity contribution in [3.63, 3.8) is 0 Å². The first-order chi connectivity index (χ1) is 14.4. The van der Waals surface area contributed by atoms with Crippen molar-refractivity contribution >= 4 is 48.0 Å². The number of rotatable bonds is 8. The average molecular weight is 466 g/mol. The van der Waals surface area contributed by atoms with Crippen molar-refractivity contribution in [1.82, 2.24) is 9.97 Å². The van der Waals surface area contributed by atoms with Gasteiger partial charge in [0.25, 0.3) is 0 Å². The Bertz CT molecular complexity index is 1040. The van der Waals surface area contributed by atoms with E-state index < -0.39 is 21.7 Å². The van der Waals surface area contributed by atoms with Crippen molar-refractivity contribution in [2.45, 2.75) is 13.0 Å². The number of anilines is 2. The molecule has 1 unspecified atom stereocenters. The third-order valence-corrected chi connectivity index (χ3v) is 6.61. The number of hydrogen-bond acceptors (Lipinski definition) is 6. The number of carbonyl (C=O) groups excluding carboxylic acids is 2. The van der Waals surface area contributed by atoms with Crippen LogP contribution < -0.4 is 30.9 Å². The zero-order valence-electron chi connectivity index (χ0n) is 16.4. The first-order valence-electron chi connectivity index (χ1n) is 9.32. The van der Waals surface area contributed by atoms with Gasteiger partial charge >= 0.3 is 181 Å². The van der Waals surface area contributed by atoms with Crippen molar-refractivity contribution in [3.8, 4) is 0 Å². The Hall–Kier alpha value is -3.22. The third kappa shape index (κ3) is 5.89. The van der Waals surface area contributed by atoms with Gasteiger partial charge in [0, 0.05) is 0 Å². The number of benzene rings is 2. The molecule has 0 radical (unpaired) electrons. The SMILES string of the molecule is C[C@H](N)CNc1ncc(C(N)=O)c([AsH]c2cccc(C(=O)Nc3ccccc3)c2)n1. The third-order valence-electron chi connectivity index (χ3n) is 4.06.